The van der Waals surface area contributed by atoms with Gasteiger partial charge in [0.05, 0.1) is 18.5 Å². The number of hydrogen-bond donors (Lipinski definition) is 2. The van der Waals surface area contributed by atoms with E-state index in [1.54, 1.807) is 13.3 Å². The molecule has 3 heterocycles. The van der Waals surface area contributed by atoms with Gasteiger partial charge in [0.15, 0.2) is 0 Å². The van der Waals surface area contributed by atoms with E-state index in [0.717, 1.165) is 22.9 Å². The van der Waals surface area contributed by atoms with E-state index in [0.29, 0.717) is 12.6 Å². The van der Waals surface area contributed by atoms with E-state index in [-0.39, 0.29) is 0 Å². The van der Waals surface area contributed by atoms with Gasteiger partial charge in [0, 0.05) is 31.1 Å². The molecule has 0 bridgehead atoms. The Hall–Kier alpha value is -2.41. The molecule has 0 aliphatic rings. The zero-order valence-electron chi connectivity index (χ0n) is 10.7. The molecule has 3 aromatic heterocycles. The molecule has 0 saturated heterocycles. The average molecular weight is 258 g/mol. The smallest absolute Gasteiger partial charge is 0.214 e. The first kappa shape index (κ1) is 11.7. The van der Waals surface area contributed by atoms with Gasteiger partial charge in [-0.05, 0) is 6.92 Å². The lowest BCUT2D eigenvalue weighted by Crippen LogP contribution is -2.02. The molecule has 0 unspecified atom stereocenters. The first-order valence-electron chi connectivity index (χ1n) is 5.87. The Labute approximate surface area is 109 Å². The summed E-state index contributed by atoms with van der Waals surface area (Å²) in [5.41, 5.74) is 2.59. The van der Waals surface area contributed by atoms with Crippen LogP contribution in [0.15, 0.2) is 24.5 Å². The maximum absolute atomic E-state index is 5.10. The van der Waals surface area contributed by atoms with Crippen LogP contribution < -0.4 is 5.32 Å². The lowest BCUT2D eigenvalue weighted by Gasteiger charge is -2.06. The van der Waals surface area contributed by atoms with Crippen LogP contribution in [0.2, 0.25) is 0 Å². The number of nitrogens with one attached hydrogen (secondary N) is 2. The van der Waals surface area contributed by atoms with Crippen LogP contribution in [-0.2, 0) is 11.3 Å². The number of H-pyrrole nitrogens is 1. The van der Waals surface area contributed by atoms with Crippen molar-refractivity contribution in [2.24, 2.45) is 0 Å². The number of anilines is 2. The Kier molecular flexibility index (Phi) is 2.88. The summed E-state index contributed by atoms with van der Waals surface area (Å²) in [6, 6.07) is 3.76. The first-order valence-corrected chi connectivity index (χ1v) is 5.87. The second-order valence-electron chi connectivity index (χ2n) is 4.21. The molecule has 19 heavy (non-hydrogen) atoms. The monoisotopic (exact) mass is 258 g/mol. The molecule has 3 rings (SSSR count). The van der Waals surface area contributed by atoms with Crippen molar-refractivity contribution in [3.8, 4) is 0 Å². The molecule has 0 spiro atoms. The number of aromatic amines is 1. The highest BCUT2D eigenvalue weighted by molar-refractivity contribution is 5.54. The predicted molar refractivity (Wildman–Crippen MR) is 70.3 cm³/mol. The quantitative estimate of drug-likeness (QED) is 0.743. The number of fused-ring (bicyclic) bond motifs is 1. The molecule has 0 aromatic carbocycles. The molecule has 7 heteroatoms. The van der Waals surface area contributed by atoms with Crippen LogP contribution in [0.1, 0.15) is 11.4 Å². The Morgan fingerprint density at radius 1 is 1.42 bits per heavy atom. The normalized spacial score (nSPS) is 11.1. The fourth-order valence-corrected chi connectivity index (χ4v) is 1.91. The third-order valence-corrected chi connectivity index (χ3v) is 2.67. The topological polar surface area (TPSA) is 80.1 Å². The van der Waals surface area contributed by atoms with Gasteiger partial charge in [-0.1, -0.05) is 0 Å². The summed E-state index contributed by atoms with van der Waals surface area (Å²) in [4.78, 5) is 8.96. The third kappa shape index (κ3) is 2.27. The molecular formula is C12H14N6O. The van der Waals surface area contributed by atoms with Crippen molar-refractivity contribution < 1.29 is 4.74 Å². The summed E-state index contributed by atoms with van der Waals surface area (Å²) in [6.45, 7) is 2.41. The van der Waals surface area contributed by atoms with E-state index in [4.69, 9.17) is 4.74 Å². The van der Waals surface area contributed by atoms with Gasteiger partial charge in [0.1, 0.15) is 11.5 Å². The predicted octanol–water partition coefficient (Wildman–Crippen LogP) is 1.65. The highest BCUT2D eigenvalue weighted by Crippen LogP contribution is 2.16. The zero-order chi connectivity index (χ0) is 13.2. The van der Waals surface area contributed by atoms with Gasteiger partial charge < -0.3 is 10.1 Å². The van der Waals surface area contributed by atoms with Crippen molar-refractivity contribution in [3.05, 3.63) is 35.9 Å². The van der Waals surface area contributed by atoms with E-state index in [1.165, 1.54) is 0 Å². The standard InChI is InChI=1S/C12H14N6O/c1-8-5-11-15-9(7-19-2)6-18(11)12(14-8)16-10-3-4-13-17-10/h3-6H,7H2,1-2H3,(H2,13,14,16,17). The Morgan fingerprint density at radius 3 is 3.05 bits per heavy atom. The van der Waals surface area contributed by atoms with Crippen LogP contribution in [0.4, 0.5) is 11.8 Å². The van der Waals surface area contributed by atoms with Crippen molar-refractivity contribution in [2.45, 2.75) is 13.5 Å². The zero-order valence-corrected chi connectivity index (χ0v) is 10.7. The van der Waals surface area contributed by atoms with Crippen LogP contribution in [0.3, 0.4) is 0 Å². The van der Waals surface area contributed by atoms with Crippen LogP contribution in [0.25, 0.3) is 5.65 Å². The van der Waals surface area contributed by atoms with Crippen LogP contribution >= 0.6 is 0 Å². The molecule has 0 radical (unpaired) electrons. The molecule has 2 N–H and O–H groups in total. The van der Waals surface area contributed by atoms with Crippen LogP contribution in [-0.4, -0.2) is 31.7 Å². The van der Waals surface area contributed by atoms with Gasteiger partial charge in [-0.25, -0.2) is 9.97 Å². The fraction of sp³-hybridized carbons (Fsp3) is 0.250. The Morgan fingerprint density at radius 2 is 2.32 bits per heavy atom. The number of methoxy groups -OCH3 is 1. The number of aryl methyl sites for hydroxylation is 1. The number of hydrogen-bond acceptors (Lipinski definition) is 5. The minimum Gasteiger partial charge on any atom is -0.378 e. The molecule has 0 aliphatic carbocycles. The molecular weight excluding hydrogens is 244 g/mol. The summed E-state index contributed by atoms with van der Waals surface area (Å²) in [5, 5.41) is 9.91. The van der Waals surface area contributed by atoms with E-state index in [2.05, 4.69) is 25.5 Å². The minimum absolute atomic E-state index is 0.476. The summed E-state index contributed by atoms with van der Waals surface area (Å²) in [6.07, 6.45) is 3.59. The van der Waals surface area contributed by atoms with Crippen molar-refractivity contribution in [3.63, 3.8) is 0 Å². The summed E-state index contributed by atoms with van der Waals surface area (Å²) >= 11 is 0. The Bertz CT molecular complexity index is 688. The summed E-state index contributed by atoms with van der Waals surface area (Å²) < 4.78 is 6.99. The van der Waals surface area contributed by atoms with Crippen molar-refractivity contribution in [2.75, 3.05) is 12.4 Å². The molecule has 0 fully saturated rings. The highest BCUT2D eigenvalue weighted by Gasteiger charge is 2.08. The molecule has 7 nitrogen and oxygen atoms in total. The van der Waals surface area contributed by atoms with Gasteiger partial charge in [-0.3, -0.25) is 9.50 Å². The lowest BCUT2D eigenvalue weighted by molar-refractivity contribution is 0.182. The van der Waals surface area contributed by atoms with Gasteiger partial charge in [-0.2, -0.15) is 5.10 Å². The Balaban J connectivity index is 2.06. The van der Waals surface area contributed by atoms with Gasteiger partial charge >= 0.3 is 0 Å². The second-order valence-corrected chi connectivity index (χ2v) is 4.21. The highest BCUT2D eigenvalue weighted by atomic mass is 16.5. The van der Waals surface area contributed by atoms with Crippen molar-refractivity contribution >= 4 is 17.4 Å². The fourth-order valence-electron chi connectivity index (χ4n) is 1.91. The molecule has 98 valence electrons. The van der Waals surface area contributed by atoms with Crippen molar-refractivity contribution in [1.82, 2.24) is 24.6 Å². The first-order chi connectivity index (χ1) is 9.26. The van der Waals surface area contributed by atoms with Gasteiger partial charge in [-0.15, -0.1) is 0 Å². The number of nitrogens with zero attached hydrogens (tertiary/aromatic N) is 4. The summed E-state index contributed by atoms with van der Waals surface area (Å²) in [5.74, 6) is 1.47. The molecule has 0 aliphatic heterocycles. The SMILES string of the molecule is COCc1cn2c(Nc3ccn[nH]3)nc(C)cc2n1. The molecule has 0 amide bonds. The maximum Gasteiger partial charge on any atom is 0.214 e. The largest absolute Gasteiger partial charge is 0.378 e. The maximum atomic E-state index is 5.10. The van der Waals surface area contributed by atoms with Gasteiger partial charge in [0.25, 0.3) is 0 Å². The number of aromatic nitrogens is 5. The lowest BCUT2D eigenvalue weighted by atomic mass is 10.4. The van der Waals surface area contributed by atoms with Gasteiger partial charge in [0.2, 0.25) is 5.95 Å². The second kappa shape index (κ2) is 4.69. The number of rotatable bonds is 4. The van der Waals surface area contributed by atoms with E-state index < -0.39 is 0 Å². The van der Waals surface area contributed by atoms with Crippen LogP contribution in [0.5, 0.6) is 0 Å². The molecule has 0 atom stereocenters. The van der Waals surface area contributed by atoms with E-state index >= 15 is 0 Å². The molecule has 3 aromatic rings. The summed E-state index contributed by atoms with van der Waals surface area (Å²) in [7, 11) is 1.65. The van der Waals surface area contributed by atoms with Crippen LogP contribution in [0, 0.1) is 6.92 Å². The van der Waals surface area contributed by atoms with Crippen molar-refractivity contribution in [1.29, 1.82) is 0 Å². The number of ether oxygens (including phenoxy) is 1. The molecule has 0 saturated carbocycles. The third-order valence-electron chi connectivity index (χ3n) is 2.67. The minimum atomic E-state index is 0.476. The van der Waals surface area contributed by atoms with E-state index in [9.17, 15) is 0 Å². The van der Waals surface area contributed by atoms with E-state index in [1.807, 2.05) is 29.7 Å². The average Bonchev–Trinajstić information content (AvgIpc) is 2.98. The number of imidazole rings is 1.